The Balaban J connectivity index is 2.58. The molecule has 13 heavy (non-hydrogen) atoms. The van der Waals surface area contributed by atoms with Crippen LogP contribution in [0.5, 0.6) is 0 Å². The van der Waals surface area contributed by atoms with Gasteiger partial charge in [0, 0.05) is 24.1 Å². The number of hydrogen-bond acceptors (Lipinski definition) is 2. The average Bonchev–Trinajstić information content (AvgIpc) is 2.48. The molecular weight excluding hydrogens is 180 g/mol. The van der Waals surface area contributed by atoms with E-state index in [1.165, 1.54) is 0 Å². The molecule has 0 fully saturated rings. The van der Waals surface area contributed by atoms with Crippen LogP contribution < -0.4 is 0 Å². The van der Waals surface area contributed by atoms with Gasteiger partial charge in [0.1, 0.15) is 0 Å². The number of aromatic nitrogens is 2. The summed E-state index contributed by atoms with van der Waals surface area (Å²) in [4.78, 5) is 0. The Bertz CT molecular complexity index is 276. The van der Waals surface area contributed by atoms with Crippen LogP contribution in [0.15, 0.2) is 18.5 Å². The first-order chi connectivity index (χ1) is 6.22. The van der Waals surface area contributed by atoms with Gasteiger partial charge in [-0.25, -0.2) is 0 Å². The lowest BCUT2D eigenvalue weighted by Crippen LogP contribution is -2.03. The van der Waals surface area contributed by atoms with E-state index in [1.807, 2.05) is 23.0 Å². The molecule has 1 aromatic rings. The van der Waals surface area contributed by atoms with Crippen molar-refractivity contribution >= 4 is 18.7 Å². The fraction of sp³-hybridized carbons (Fsp3) is 0.500. The Morgan fingerprint density at radius 3 is 3.00 bits per heavy atom. The lowest BCUT2D eigenvalue weighted by atomic mass is 10.2. The SMILES string of the molecule is CC(C)Cn1cc(C=CCS)cn1. The van der Waals surface area contributed by atoms with Gasteiger partial charge in [-0.2, -0.15) is 17.7 Å². The molecule has 2 nitrogen and oxygen atoms in total. The number of rotatable bonds is 4. The smallest absolute Gasteiger partial charge is 0.0562 e. The Morgan fingerprint density at radius 1 is 1.62 bits per heavy atom. The van der Waals surface area contributed by atoms with Gasteiger partial charge in [0.15, 0.2) is 0 Å². The molecule has 1 aromatic heterocycles. The molecule has 0 aromatic carbocycles. The molecule has 0 aliphatic rings. The van der Waals surface area contributed by atoms with Crippen molar-refractivity contribution in [3.63, 3.8) is 0 Å². The van der Waals surface area contributed by atoms with Gasteiger partial charge in [-0.3, -0.25) is 4.68 Å². The van der Waals surface area contributed by atoms with Crippen molar-refractivity contribution in [1.82, 2.24) is 9.78 Å². The van der Waals surface area contributed by atoms with E-state index in [9.17, 15) is 0 Å². The largest absolute Gasteiger partial charge is 0.272 e. The molecule has 1 rings (SSSR count). The normalized spacial score (nSPS) is 11.7. The highest BCUT2D eigenvalue weighted by molar-refractivity contribution is 7.80. The Labute approximate surface area is 85.1 Å². The fourth-order valence-corrected chi connectivity index (χ4v) is 1.23. The van der Waals surface area contributed by atoms with Crippen molar-refractivity contribution in [2.75, 3.05) is 5.75 Å². The molecule has 0 aliphatic carbocycles. The Hall–Kier alpha value is -0.700. The highest BCUT2D eigenvalue weighted by Gasteiger charge is 1.97. The van der Waals surface area contributed by atoms with Crippen molar-refractivity contribution in [1.29, 1.82) is 0 Å². The van der Waals surface area contributed by atoms with Crippen LogP contribution in [0, 0.1) is 5.92 Å². The van der Waals surface area contributed by atoms with Gasteiger partial charge in [0.2, 0.25) is 0 Å². The van der Waals surface area contributed by atoms with E-state index in [0.717, 1.165) is 17.9 Å². The molecule has 0 bridgehead atoms. The van der Waals surface area contributed by atoms with Crippen molar-refractivity contribution in [2.45, 2.75) is 20.4 Å². The summed E-state index contributed by atoms with van der Waals surface area (Å²) >= 11 is 4.10. The van der Waals surface area contributed by atoms with Gasteiger partial charge >= 0.3 is 0 Å². The first-order valence-electron chi connectivity index (χ1n) is 4.52. The molecule has 0 atom stereocenters. The summed E-state index contributed by atoms with van der Waals surface area (Å²) in [6, 6.07) is 0. The second-order valence-electron chi connectivity index (χ2n) is 3.47. The fourth-order valence-electron chi connectivity index (χ4n) is 1.13. The molecule has 3 heteroatoms. The summed E-state index contributed by atoms with van der Waals surface area (Å²) in [7, 11) is 0. The van der Waals surface area contributed by atoms with E-state index in [2.05, 4.69) is 37.8 Å². The van der Waals surface area contributed by atoms with E-state index in [1.54, 1.807) is 0 Å². The van der Waals surface area contributed by atoms with Crippen molar-refractivity contribution in [2.24, 2.45) is 5.92 Å². The highest BCUT2D eigenvalue weighted by atomic mass is 32.1. The van der Waals surface area contributed by atoms with Gasteiger partial charge in [0.25, 0.3) is 0 Å². The predicted octanol–water partition coefficient (Wildman–Crippen LogP) is 2.48. The maximum Gasteiger partial charge on any atom is 0.0562 e. The molecule has 0 radical (unpaired) electrons. The van der Waals surface area contributed by atoms with Crippen molar-refractivity contribution < 1.29 is 0 Å². The summed E-state index contributed by atoms with van der Waals surface area (Å²) in [6.45, 7) is 5.35. The zero-order valence-electron chi connectivity index (χ0n) is 8.14. The zero-order valence-corrected chi connectivity index (χ0v) is 9.04. The summed E-state index contributed by atoms with van der Waals surface area (Å²) in [5.74, 6) is 1.41. The molecular formula is C10H16N2S. The first-order valence-corrected chi connectivity index (χ1v) is 5.15. The molecule has 0 N–H and O–H groups in total. The number of hydrogen-bond donors (Lipinski definition) is 1. The van der Waals surface area contributed by atoms with Gasteiger partial charge in [-0.15, -0.1) is 0 Å². The third-order valence-electron chi connectivity index (χ3n) is 1.62. The molecule has 0 saturated heterocycles. The lowest BCUT2D eigenvalue weighted by molar-refractivity contribution is 0.483. The summed E-state index contributed by atoms with van der Waals surface area (Å²) in [5, 5.41) is 4.25. The topological polar surface area (TPSA) is 17.8 Å². The number of nitrogens with zero attached hydrogens (tertiary/aromatic N) is 2. The summed E-state index contributed by atoms with van der Waals surface area (Å²) in [6.07, 6.45) is 7.99. The minimum atomic E-state index is 0.640. The monoisotopic (exact) mass is 196 g/mol. The van der Waals surface area contributed by atoms with E-state index >= 15 is 0 Å². The number of thiol groups is 1. The predicted molar refractivity (Wildman–Crippen MR) is 60.0 cm³/mol. The molecule has 0 unspecified atom stereocenters. The molecule has 1 heterocycles. The summed E-state index contributed by atoms with van der Waals surface area (Å²) in [5.41, 5.74) is 1.15. The lowest BCUT2D eigenvalue weighted by Gasteiger charge is -2.02. The van der Waals surface area contributed by atoms with Gasteiger partial charge < -0.3 is 0 Å². The van der Waals surface area contributed by atoms with Crippen LogP contribution in [-0.4, -0.2) is 15.5 Å². The minimum Gasteiger partial charge on any atom is -0.272 e. The standard InChI is InChI=1S/C10H16N2S/c1-9(2)7-12-8-10(6-11-12)4-3-5-13/h3-4,6,8-9,13H,5,7H2,1-2H3. The van der Waals surface area contributed by atoms with Crippen LogP contribution in [0.1, 0.15) is 19.4 Å². The van der Waals surface area contributed by atoms with Crippen LogP contribution in [0.3, 0.4) is 0 Å². The zero-order chi connectivity index (χ0) is 9.68. The van der Waals surface area contributed by atoms with Crippen LogP contribution >= 0.6 is 12.6 Å². The Kier molecular flexibility index (Phi) is 4.09. The minimum absolute atomic E-state index is 0.640. The summed E-state index contributed by atoms with van der Waals surface area (Å²) < 4.78 is 1.98. The quantitative estimate of drug-likeness (QED) is 0.732. The molecule has 0 saturated carbocycles. The highest BCUT2D eigenvalue weighted by Crippen LogP contribution is 2.03. The van der Waals surface area contributed by atoms with Gasteiger partial charge in [-0.1, -0.05) is 26.0 Å². The molecule has 0 aliphatic heterocycles. The van der Waals surface area contributed by atoms with Crippen molar-refractivity contribution in [3.8, 4) is 0 Å². The molecule has 0 amide bonds. The second kappa shape index (κ2) is 5.12. The Morgan fingerprint density at radius 2 is 2.38 bits per heavy atom. The first kappa shape index (κ1) is 10.4. The maximum absolute atomic E-state index is 4.25. The van der Waals surface area contributed by atoms with Crippen LogP contribution in [0.25, 0.3) is 6.08 Å². The molecule has 0 spiro atoms. The van der Waals surface area contributed by atoms with Gasteiger partial charge in [0.05, 0.1) is 6.20 Å². The molecule has 72 valence electrons. The van der Waals surface area contributed by atoms with E-state index in [-0.39, 0.29) is 0 Å². The second-order valence-corrected chi connectivity index (χ2v) is 3.84. The third-order valence-corrected chi connectivity index (χ3v) is 1.83. The van der Waals surface area contributed by atoms with E-state index in [0.29, 0.717) is 5.92 Å². The van der Waals surface area contributed by atoms with Gasteiger partial charge in [-0.05, 0) is 5.92 Å². The van der Waals surface area contributed by atoms with Crippen molar-refractivity contribution in [3.05, 3.63) is 24.0 Å². The maximum atomic E-state index is 4.25. The van der Waals surface area contributed by atoms with E-state index < -0.39 is 0 Å². The van der Waals surface area contributed by atoms with E-state index in [4.69, 9.17) is 0 Å². The van der Waals surface area contributed by atoms with Crippen LogP contribution in [-0.2, 0) is 6.54 Å². The third kappa shape index (κ3) is 3.68. The average molecular weight is 196 g/mol. The van der Waals surface area contributed by atoms with Crippen LogP contribution in [0.4, 0.5) is 0 Å². The van der Waals surface area contributed by atoms with Crippen LogP contribution in [0.2, 0.25) is 0 Å².